The monoisotopic (exact) mass is 346 g/mol. The molecule has 0 radical (unpaired) electrons. The van der Waals surface area contributed by atoms with Gasteiger partial charge in [-0.05, 0) is 73.3 Å². The molecule has 1 saturated carbocycles. The molecule has 0 amide bonds. The second-order valence-corrected chi connectivity index (χ2v) is 8.90. The Morgan fingerprint density at radius 3 is 2.64 bits per heavy atom. The lowest BCUT2D eigenvalue weighted by atomic mass is 9.48. The highest BCUT2D eigenvalue weighted by atomic mass is 16.5. The van der Waals surface area contributed by atoms with Crippen molar-refractivity contribution in [3.05, 3.63) is 23.3 Å². The summed E-state index contributed by atoms with van der Waals surface area (Å²) in [4.78, 5) is 22.6. The zero-order valence-electron chi connectivity index (χ0n) is 16.6. The van der Waals surface area contributed by atoms with Crippen LogP contribution in [0, 0.1) is 22.7 Å². The number of fused-ring (bicyclic) bond motifs is 1. The Kier molecular flexibility index (Phi) is 6.29. The van der Waals surface area contributed by atoms with E-state index < -0.39 is 0 Å². The molecule has 0 N–H and O–H groups in total. The maximum absolute atomic E-state index is 11.7. The molecular formula is C22H34O3. The van der Waals surface area contributed by atoms with E-state index in [2.05, 4.69) is 33.8 Å². The van der Waals surface area contributed by atoms with Crippen molar-refractivity contribution < 1.29 is 14.3 Å². The molecule has 3 nitrogen and oxygen atoms in total. The van der Waals surface area contributed by atoms with Gasteiger partial charge in [0.1, 0.15) is 12.9 Å². The van der Waals surface area contributed by atoms with Crippen LogP contribution in [0.1, 0.15) is 73.1 Å². The predicted molar refractivity (Wildman–Crippen MR) is 101 cm³/mol. The van der Waals surface area contributed by atoms with Crippen LogP contribution < -0.4 is 0 Å². The molecule has 3 atom stereocenters. The Bertz CT molecular complexity index is 570. The average Bonchev–Trinajstić information content (AvgIpc) is 2.51. The van der Waals surface area contributed by atoms with Crippen LogP contribution in [-0.4, -0.2) is 18.9 Å². The number of hydrogen-bond donors (Lipinski definition) is 0. The fourth-order valence-electron chi connectivity index (χ4n) is 5.35. The summed E-state index contributed by atoms with van der Waals surface area (Å²) in [5.74, 6) is 0.732. The number of carbonyl (C=O) groups excluding carboxylic acids is 2. The molecular weight excluding hydrogens is 312 g/mol. The maximum Gasteiger partial charge on any atom is 0.302 e. The second-order valence-electron chi connectivity index (χ2n) is 8.90. The van der Waals surface area contributed by atoms with Gasteiger partial charge in [0.15, 0.2) is 0 Å². The Labute approximate surface area is 152 Å². The van der Waals surface area contributed by atoms with E-state index in [1.807, 2.05) is 6.08 Å². The van der Waals surface area contributed by atoms with E-state index in [-0.39, 0.29) is 11.4 Å². The summed E-state index contributed by atoms with van der Waals surface area (Å²) in [5, 5.41) is 0. The van der Waals surface area contributed by atoms with Crippen LogP contribution in [0.5, 0.6) is 0 Å². The summed E-state index contributed by atoms with van der Waals surface area (Å²) < 4.78 is 5.00. The molecule has 140 valence electrons. The van der Waals surface area contributed by atoms with E-state index in [0.29, 0.717) is 23.9 Å². The summed E-state index contributed by atoms with van der Waals surface area (Å²) in [7, 11) is 0. The Morgan fingerprint density at radius 1 is 1.28 bits per heavy atom. The third-order valence-corrected chi connectivity index (χ3v) is 6.75. The van der Waals surface area contributed by atoms with Gasteiger partial charge in [0.25, 0.3) is 0 Å². The molecule has 1 fully saturated rings. The van der Waals surface area contributed by atoms with Crippen molar-refractivity contribution in [3.63, 3.8) is 0 Å². The molecule has 0 aromatic carbocycles. The van der Waals surface area contributed by atoms with E-state index in [0.717, 1.165) is 31.1 Å². The molecule has 2 aliphatic carbocycles. The summed E-state index contributed by atoms with van der Waals surface area (Å²) in [6, 6.07) is 0. The molecule has 0 spiro atoms. The third-order valence-electron chi connectivity index (χ3n) is 6.75. The van der Waals surface area contributed by atoms with Crippen LogP contribution in [-0.2, 0) is 14.3 Å². The summed E-state index contributed by atoms with van der Waals surface area (Å²) >= 11 is 0. The van der Waals surface area contributed by atoms with Gasteiger partial charge >= 0.3 is 5.97 Å². The van der Waals surface area contributed by atoms with Gasteiger partial charge in [-0.1, -0.05) is 38.8 Å². The predicted octanol–water partition coefficient (Wildman–Crippen LogP) is 5.25. The van der Waals surface area contributed by atoms with E-state index in [1.165, 1.54) is 31.8 Å². The lowest BCUT2D eigenvalue weighted by Crippen LogP contribution is -2.48. The maximum atomic E-state index is 11.7. The lowest BCUT2D eigenvalue weighted by Gasteiger charge is -2.56. The van der Waals surface area contributed by atoms with Gasteiger partial charge in [-0.3, -0.25) is 9.59 Å². The third kappa shape index (κ3) is 4.43. The van der Waals surface area contributed by atoms with Crippen molar-refractivity contribution in [3.8, 4) is 0 Å². The van der Waals surface area contributed by atoms with Crippen LogP contribution in [0.2, 0.25) is 0 Å². The van der Waals surface area contributed by atoms with E-state index >= 15 is 0 Å². The summed E-state index contributed by atoms with van der Waals surface area (Å²) in [5.41, 5.74) is 2.79. The zero-order chi connectivity index (χ0) is 18.7. The number of ether oxygens (including phenoxy) is 1. The van der Waals surface area contributed by atoms with Crippen molar-refractivity contribution in [2.45, 2.75) is 73.1 Å². The van der Waals surface area contributed by atoms with E-state index in [1.54, 1.807) is 0 Å². The van der Waals surface area contributed by atoms with Gasteiger partial charge in [-0.2, -0.15) is 0 Å². The molecule has 0 aliphatic heterocycles. The minimum atomic E-state index is -0.248. The smallest absolute Gasteiger partial charge is 0.302 e. The number of allylic oxidation sites excluding steroid dienone is 3. The number of hydrogen-bond acceptors (Lipinski definition) is 3. The molecule has 0 bridgehead atoms. The number of carbonyl (C=O) groups is 2. The van der Waals surface area contributed by atoms with Crippen molar-refractivity contribution >= 4 is 12.3 Å². The van der Waals surface area contributed by atoms with Crippen LogP contribution in [0.3, 0.4) is 0 Å². The minimum Gasteiger partial charge on any atom is -0.462 e. The average molecular weight is 347 g/mol. The van der Waals surface area contributed by atoms with Crippen LogP contribution in [0.25, 0.3) is 0 Å². The highest BCUT2D eigenvalue weighted by Crippen LogP contribution is 2.60. The van der Waals surface area contributed by atoms with Crippen molar-refractivity contribution in [2.75, 3.05) is 6.61 Å². The van der Waals surface area contributed by atoms with E-state index in [9.17, 15) is 9.59 Å². The molecule has 25 heavy (non-hydrogen) atoms. The Balaban J connectivity index is 2.13. The van der Waals surface area contributed by atoms with Crippen molar-refractivity contribution in [2.24, 2.45) is 22.7 Å². The Morgan fingerprint density at radius 2 is 2.00 bits per heavy atom. The van der Waals surface area contributed by atoms with Gasteiger partial charge in [0.2, 0.25) is 0 Å². The topological polar surface area (TPSA) is 43.4 Å². The van der Waals surface area contributed by atoms with Crippen molar-refractivity contribution in [1.82, 2.24) is 0 Å². The highest BCUT2D eigenvalue weighted by Gasteiger charge is 2.52. The van der Waals surface area contributed by atoms with Gasteiger partial charge in [-0.25, -0.2) is 0 Å². The van der Waals surface area contributed by atoms with Gasteiger partial charge in [-0.15, -0.1) is 0 Å². The second kappa shape index (κ2) is 7.88. The lowest BCUT2D eigenvalue weighted by molar-refractivity contribution is -0.139. The largest absolute Gasteiger partial charge is 0.462 e. The molecule has 0 unspecified atom stereocenters. The first-order valence-corrected chi connectivity index (χ1v) is 9.65. The number of esters is 1. The number of rotatable bonds is 6. The molecule has 3 heteroatoms. The van der Waals surface area contributed by atoms with Crippen molar-refractivity contribution in [1.29, 1.82) is 0 Å². The Hall–Kier alpha value is -1.38. The molecule has 2 aliphatic rings. The highest BCUT2D eigenvalue weighted by molar-refractivity contribution is 5.74. The van der Waals surface area contributed by atoms with E-state index in [4.69, 9.17) is 4.74 Å². The quantitative estimate of drug-likeness (QED) is 0.374. The zero-order valence-corrected chi connectivity index (χ0v) is 16.6. The first-order valence-electron chi connectivity index (χ1n) is 9.65. The van der Waals surface area contributed by atoms with Gasteiger partial charge < -0.3 is 4.74 Å². The SMILES string of the molecule is CC(=O)OC/C=C(\C)CC[C@H]1C(C=O)=CC[C@H]2C(C)(C)CCC[C@]12C. The molecule has 2 rings (SSSR count). The summed E-state index contributed by atoms with van der Waals surface area (Å²) in [6.45, 7) is 11.1. The fraction of sp³-hybridized carbons (Fsp3) is 0.727. The normalized spacial score (nSPS) is 31.7. The molecule has 0 heterocycles. The standard InChI is InChI=1S/C22H34O3/c1-16(11-14-25-17(2)24)7-9-19-18(15-23)8-10-20-21(3,4)12-6-13-22(19,20)5/h8,11,15,19-20H,6-7,9-10,12-14H2,1-5H3/b16-11+/t19-,20-,22+/m0/s1. The molecule has 0 aromatic heterocycles. The minimum absolute atomic E-state index is 0.211. The van der Waals surface area contributed by atoms with Crippen LogP contribution >= 0.6 is 0 Å². The molecule has 0 aromatic rings. The van der Waals surface area contributed by atoms with Gasteiger partial charge in [0.05, 0.1) is 0 Å². The van der Waals surface area contributed by atoms with Crippen LogP contribution in [0.15, 0.2) is 23.3 Å². The number of aldehydes is 1. The first-order chi connectivity index (χ1) is 11.7. The first kappa shape index (κ1) is 19.9. The van der Waals surface area contributed by atoms with Crippen LogP contribution in [0.4, 0.5) is 0 Å². The molecule has 0 saturated heterocycles. The summed E-state index contributed by atoms with van der Waals surface area (Å²) in [6.07, 6.45) is 12.0. The fourth-order valence-corrected chi connectivity index (χ4v) is 5.35. The van der Waals surface area contributed by atoms with Gasteiger partial charge in [0, 0.05) is 6.92 Å².